The molecule has 0 radical (unpaired) electrons. The van der Waals surface area contributed by atoms with Crippen LogP contribution in [0.3, 0.4) is 0 Å². The van der Waals surface area contributed by atoms with Crippen LogP contribution >= 0.6 is 0 Å². The zero-order chi connectivity index (χ0) is 14.9. The minimum atomic E-state index is -0.0647. The smallest absolute Gasteiger partial charge is 0.127 e. The van der Waals surface area contributed by atoms with Crippen LogP contribution < -0.4 is 10.1 Å². The van der Waals surface area contributed by atoms with E-state index in [0.717, 1.165) is 37.8 Å². The van der Waals surface area contributed by atoms with E-state index in [2.05, 4.69) is 44.3 Å². The molecule has 21 heavy (non-hydrogen) atoms. The van der Waals surface area contributed by atoms with E-state index in [1.807, 2.05) is 0 Å². The van der Waals surface area contributed by atoms with Crippen molar-refractivity contribution in [2.45, 2.75) is 58.2 Å². The molecule has 0 spiro atoms. The molecule has 0 bridgehead atoms. The summed E-state index contributed by atoms with van der Waals surface area (Å²) in [5.74, 6) is 1.84. The van der Waals surface area contributed by atoms with Crippen LogP contribution in [0.15, 0.2) is 18.2 Å². The second kappa shape index (κ2) is 5.98. The van der Waals surface area contributed by atoms with Gasteiger partial charge < -0.3 is 14.8 Å². The summed E-state index contributed by atoms with van der Waals surface area (Å²) in [5.41, 5.74) is 2.57. The fraction of sp³-hybridized carbons (Fsp3) is 0.667. The Morgan fingerprint density at radius 3 is 2.81 bits per heavy atom. The predicted molar refractivity (Wildman–Crippen MR) is 84.7 cm³/mol. The summed E-state index contributed by atoms with van der Waals surface area (Å²) >= 11 is 0. The first kappa shape index (κ1) is 14.9. The zero-order valence-electron chi connectivity index (χ0n) is 13.4. The lowest BCUT2D eigenvalue weighted by atomic mass is 9.92. The van der Waals surface area contributed by atoms with Crippen molar-refractivity contribution < 1.29 is 9.47 Å². The first-order chi connectivity index (χ1) is 10.1. The maximum Gasteiger partial charge on any atom is 0.127 e. The van der Waals surface area contributed by atoms with Crippen LogP contribution in [0, 0.1) is 5.92 Å². The van der Waals surface area contributed by atoms with Gasteiger partial charge in [0, 0.05) is 37.8 Å². The van der Waals surface area contributed by atoms with Gasteiger partial charge in [0.15, 0.2) is 0 Å². The Hall–Kier alpha value is -1.06. The van der Waals surface area contributed by atoms with E-state index >= 15 is 0 Å². The standard InChI is InChI=1S/C18H27NO2/c1-13(14-7-9-20-10-8-14)19-12-16-6-4-5-15-11-18(2,3)21-17(15)16/h4-6,13-14,19H,7-12H2,1-3H3. The van der Waals surface area contributed by atoms with Crippen molar-refractivity contribution in [3.8, 4) is 5.75 Å². The van der Waals surface area contributed by atoms with Crippen LogP contribution in [0.4, 0.5) is 0 Å². The van der Waals surface area contributed by atoms with Gasteiger partial charge in [0.1, 0.15) is 11.4 Å². The zero-order valence-corrected chi connectivity index (χ0v) is 13.4. The van der Waals surface area contributed by atoms with E-state index in [9.17, 15) is 0 Å². The summed E-state index contributed by atoms with van der Waals surface area (Å²) in [6.07, 6.45) is 3.35. The highest BCUT2D eigenvalue weighted by Crippen LogP contribution is 2.37. The van der Waals surface area contributed by atoms with Crippen LogP contribution in [0.2, 0.25) is 0 Å². The van der Waals surface area contributed by atoms with Crippen LogP contribution in [0.5, 0.6) is 5.75 Å². The summed E-state index contributed by atoms with van der Waals surface area (Å²) in [6.45, 7) is 9.33. The van der Waals surface area contributed by atoms with Crippen molar-refractivity contribution in [1.82, 2.24) is 5.32 Å². The normalized spacial score (nSPS) is 22.6. The van der Waals surface area contributed by atoms with Crippen molar-refractivity contribution in [3.63, 3.8) is 0 Å². The number of hydrogen-bond acceptors (Lipinski definition) is 3. The second-order valence-corrected chi connectivity index (χ2v) is 7.06. The molecular formula is C18H27NO2. The lowest BCUT2D eigenvalue weighted by Gasteiger charge is -2.28. The Balaban J connectivity index is 1.63. The Kier molecular flexibility index (Phi) is 4.23. The molecule has 0 aromatic heterocycles. The molecule has 2 aliphatic heterocycles. The van der Waals surface area contributed by atoms with Gasteiger partial charge in [-0.2, -0.15) is 0 Å². The van der Waals surface area contributed by atoms with Crippen molar-refractivity contribution in [1.29, 1.82) is 0 Å². The molecule has 1 aromatic carbocycles. The first-order valence-electron chi connectivity index (χ1n) is 8.16. The molecule has 0 amide bonds. The third-order valence-electron chi connectivity index (χ3n) is 4.76. The number of rotatable bonds is 4. The highest BCUT2D eigenvalue weighted by atomic mass is 16.5. The van der Waals surface area contributed by atoms with E-state index in [1.54, 1.807) is 0 Å². The van der Waals surface area contributed by atoms with E-state index in [1.165, 1.54) is 24.0 Å². The molecule has 0 saturated carbocycles. The lowest BCUT2D eigenvalue weighted by molar-refractivity contribution is 0.0557. The maximum absolute atomic E-state index is 6.14. The van der Waals surface area contributed by atoms with E-state index in [4.69, 9.17) is 9.47 Å². The SMILES string of the molecule is CC(NCc1cccc2c1OC(C)(C)C2)C1CCOCC1. The molecule has 3 nitrogen and oxygen atoms in total. The van der Waals surface area contributed by atoms with Gasteiger partial charge in [-0.05, 0) is 45.1 Å². The Morgan fingerprint density at radius 1 is 1.29 bits per heavy atom. The molecule has 0 aliphatic carbocycles. The number of ether oxygens (including phenoxy) is 2. The quantitative estimate of drug-likeness (QED) is 0.922. The van der Waals surface area contributed by atoms with Crippen LogP contribution in [0.25, 0.3) is 0 Å². The highest BCUT2D eigenvalue weighted by Gasteiger charge is 2.31. The number of benzene rings is 1. The minimum absolute atomic E-state index is 0.0647. The summed E-state index contributed by atoms with van der Waals surface area (Å²) in [4.78, 5) is 0. The van der Waals surface area contributed by atoms with Gasteiger partial charge in [0.05, 0.1) is 0 Å². The molecular weight excluding hydrogens is 262 g/mol. The largest absolute Gasteiger partial charge is 0.487 e. The van der Waals surface area contributed by atoms with Crippen LogP contribution in [-0.2, 0) is 17.7 Å². The maximum atomic E-state index is 6.14. The number of nitrogens with one attached hydrogen (secondary N) is 1. The molecule has 2 aliphatic rings. The highest BCUT2D eigenvalue weighted by molar-refractivity contribution is 5.45. The predicted octanol–water partition coefficient (Wildman–Crippen LogP) is 3.30. The van der Waals surface area contributed by atoms with E-state index < -0.39 is 0 Å². The Bertz CT molecular complexity index is 492. The lowest BCUT2D eigenvalue weighted by Crippen LogP contribution is -2.36. The molecule has 1 aromatic rings. The third kappa shape index (κ3) is 3.41. The van der Waals surface area contributed by atoms with Gasteiger partial charge in [-0.25, -0.2) is 0 Å². The van der Waals surface area contributed by atoms with Gasteiger partial charge in [0.25, 0.3) is 0 Å². The van der Waals surface area contributed by atoms with Gasteiger partial charge in [0.2, 0.25) is 0 Å². The summed E-state index contributed by atoms with van der Waals surface area (Å²) in [5, 5.41) is 3.69. The van der Waals surface area contributed by atoms with Crippen molar-refractivity contribution in [2.24, 2.45) is 5.92 Å². The average molecular weight is 289 g/mol. The summed E-state index contributed by atoms with van der Waals surface area (Å²) in [7, 11) is 0. The monoisotopic (exact) mass is 289 g/mol. The molecule has 116 valence electrons. The topological polar surface area (TPSA) is 30.5 Å². The van der Waals surface area contributed by atoms with Crippen LogP contribution in [0.1, 0.15) is 44.7 Å². The van der Waals surface area contributed by atoms with Gasteiger partial charge in [-0.15, -0.1) is 0 Å². The average Bonchev–Trinajstić information content (AvgIpc) is 2.80. The summed E-state index contributed by atoms with van der Waals surface area (Å²) in [6, 6.07) is 7.05. The number of hydrogen-bond donors (Lipinski definition) is 1. The minimum Gasteiger partial charge on any atom is -0.487 e. The molecule has 3 heteroatoms. The molecule has 1 fully saturated rings. The molecule has 1 atom stereocenters. The Morgan fingerprint density at radius 2 is 2.05 bits per heavy atom. The fourth-order valence-corrected chi connectivity index (χ4v) is 3.47. The molecule has 1 saturated heterocycles. The molecule has 3 rings (SSSR count). The van der Waals surface area contributed by atoms with E-state index in [-0.39, 0.29) is 5.60 Å². The van der Waals surface area contributed by atoms with E-state index in [0.29, 0.717) is 6.04 Å². The first-order valence-corrected chi connectivity index (χ1v) is 8.16. The Labute approximate surface area is 128 Å². The second-order valence-electron chi connectivity index (χ2n) is 7.06. The number of fused-ring (bicyclic) bond motifs is 1. The molecule has 1 N–H and O–H groups in total. The number of para-hydroxylation sites is 1. The van der Waals surface area contributed by atoms with Gasteiger partial charge in [-0.1, -0.05) is 18.2 Å². The fourth-order valence-electron chi connectivity index (χ4n) is 3.47. The van der Waals surface area contributed by atoms with Crippen molar-refractivity contribution in [2.75, 3.05) is 13.2 Å². The molecule has 1 unspecified atom stereocenters. The summed E-state index contributed by atoms with van der Waals surface area (Å²) < 4.78 is 11.6. The van der Waals surface area contributed by atoms with Gasteiger partial charge >= 0.3 is 0 Å². The third-order valence-corrected chi connectivity index (χ3v) is 4.76. The molecule has 2 heterocycles. The van der Waals surface area contributed by atoms with Gasteiger partial charge in [-0.3, -0.25) is 0 Å². The van der Waals surface area contributed by atoms with Crippen molar-refractivity contribution in [3.05, 3.63) is 29.3 Å². The van der Waals surface area contributed by atoms with Crippen LogP contribution in [-0.4, -0.2) is 24.9 Å². The van der Waals surface area contributed by atoms with Crippen molar-refractivity contribution >= 4 is 0 Å².